The van der Waals surface area contributed by atoms with Crippen molar-refractivity contribution >= 4 is 11.9 Å². The Labute approximate surface area is 118 Å². The molecule has 1 fully saturated rings. The maximum Gasteiger partial charge on any atom is 0.371 e. The van der Waals surface area contributed by atoms with Crippen molar-refractivity contribution in [2.45, 2.75) is 46.1 Å². The monoisotopic (exact) mass is 279 g/mol. The van der Waals surface area contributed by atoms with E-state index >= 15 is 0 Å². The summed E-state index contributed by atoms with van der Waals surface area (Å²) >= 11 is 0. The van der Waals surface area contributed by atoms with E-state index in [2.05, 4.69) is 6.92 Å². The Morgan fingerprint density at radius 1 is 1.50 bits per heavy atom. The lowest BCUT2D eigenvalue weighted by Crippen LogP contribution is -2.29. The van der Waals surface area contributed by atoms with Gasteiger partial charge in [-0.25, -0.2) is 4.79 Å². The van der Waals surface area contributed by atoms with E-state index < -0.39 is 5.97 Å². The second-order valence-corrected chi connectivity index (χ2v) is 5.41. The number of carbonyl (C=O) groups is 2. The number of furan rings is 1. The van der Waals surface area contributed by atoms with Crippen molar-refractivity contribution in [1.82, 2.24) is 4.90 Å². The molecule has 5 nitrogen and oxygen atoms in total. The van der Waals surface area contributed by atoms with Crippen LogP contribution in [-0.2, 0) is 11.3 Å². The molecule has 1 unspecified atom stereocenters. The molecule has 0 spiro atoms. The largest absolute Gasteiger partial charge is 0.475 e. The first-order valence-corrected chi connectivity index (χ1v) is 7.11. The Morgan fingerprint density at radius 3 is 2.85 bits per heavy atom. The van der Waals surface area contributed by atoms with Gasteiger partial charge >= 0.3 is 5.97 Å². The van der Waals surface area contributed by atoms with Crippen molar-refractivity contribution < 1.29 is 19.1 Å². The lowest BCUT2D eigenvalue weighted by atomic mass is 9.98. The zero-order chi connectivity index (χ0) is 14.7. The number of rotatable bonds is 4. The standard InChI is InChI=1S/C15H21NO4/c1-3-11-4-5-14(17)16(7-6-11)9-12-8-13(15(18)19)20-10(12)2/h8,11H,3-7,9H2,1-2H3,(H,18,19). The molecule has 2 rings (SSSR count). The minimum atomic E-state index is -1.08. The van der Waals surface area contributed by atoms with E-state index in [0.29, 0.717) is 24.6 Å². The molecule has 1 saturated heterocycles. The van der Waals surface area contributed by atoms with Crippen LogP contribution in [0.3, 0.4) is 0 Å². The highest BCUT2D eigenvalue weighted by Crippen LogP contribution is 2.24. The number of amides is 1. The number of likely N-dealkylation sites (tertiary alicyclic amines) is 1. The molecule has 0 radical (unpaired) electrons. The molecule has 0 saturated carbocycles. The van der Waals surface area contributed by atoms with E-state index in [0.717, 1.165) is 31.4 Å². The second-order valence-electron chi connectivity index (χ2n) is 5.41. The maximum absolute atomic E-state index is 12.1. The van der Waals surface area contributed by atoms with Gasteiger partial charge in [-0.05, 0) is 31.7 Å². The quantitative estimate of drug-likeness (QED) is 0.920. The van der Waals surface area contributed by atoms with E-state index in [4.69, 9.17) is 9.52 Å². The summed E-state index contributed by atoms with van der Waals surface area (Å²) in [6.07, 6.45) is 3.66. The van der Waals surface area contributed by atoms with Crippen LogP contribution in [0.1, 0.15) is 54.5 Å². The number of carboxylic acid groups (broad SMARTS) is 1. The molecule has 1 aromatic rings. The van der Waals surface area contributed by atoms with Gasteiger partial charge in [0.25, 0.3) is 0 Å². The van der Waals surface area contributed by atoms with Crippen molar-refractivity contribution in [3.63, 3.8) is 0 Å². The number of nitrogens with zero attached hydrogens (tertiary/aromatic N) is 1. The summed E-state index contributed by atoms with van der Waals surface area (Å²) in [5.41, 5.74) is 0.783. The predicted molar refractivity (Wildman–Crippen MR) is 73.5 cm³/mol. The third-order valence-electron chi connectivity index (χ3n) is 4.10. The predicted octanol–water partition coefficient (Wildman–Crippen LogP) is 2.82. The van der Waals surface area contributed by atoms with Crippen LogP contribution >= 0.6 is 0 Å². The third kappa shape index (κ3) is 3.21. The van der Waals surface area contributed by atoms with Gasteiger partial charge in [-0.3, -0.25) is 4.79 Å². The lowest BCUT2D eigenvalue weighted by molar-refractivity contribution is -0.131. The molecule has 2 heterocycles. The maximum atomic E-state index is 12.1. The summed E-state index contributed by atoms with van der Waals surface area (Å²) < 4.78 is 5.19. The molecule has 0 aliphatic carbocycles. The fourth-order valence-electron chi connectivity index (χ4n) is 2.66. The molecule has 1 aliphatic heterocycles. The summed E-state index contributed by atoms with van der Waals surface area (Å²) in [6, 6.07) is 1.52. The van der Waals surface area contributed by atoms with Gasteiger partial charge in [-0.2, -0.15) is 0 Å². The van der Waals surface area contributed by atoms with Gasteiger partial charge in [0, 0.05) is 25.1 Å². The zero-order valence-electron chi connectivity index (χ0n) is 12.0. The number of aromatic carboxylic acids is 1. The van der Waals surface area contributed by atoms with Crippen molar-refractivity contribution in [3.8, 4) is 0 Å². The van der Waals surface area contributed by atoms with Gasteiger partial charge < -0.3 is 14.4 Å². The fraction of sp³-hybridized carbons (Fsp3) is 0.600. The highest BCUT2D eigenvalue weighted by atomic mass is 16.4. The minimum absolute atomic E-state index is 0.0637. The number of carbonyl (C=O) groups excluding carboxylic acids is 1. The van der Waals surface area contributed by atoms with Crippen molar-refractivity contribution in [2.75, 3.05) is 6.54 Å². The van der Waals surface area contributed by atoms with Crippen LogP contribution in [-0.4, -0.2) is 28.4 Å². The van der Waals surface area contributed by atoms with Crippen LogP contribution in [0.5, 0.6) is 0 Å². The fourth-order valence-corrected chi connectivity index (χ4v) is 2.66. The van der Waals surface area contributed by atoms with Crippen molar-refractivity contribution in [3.05, 3.63) is 23.2 Å². The number of carboxylic acids is 1. The summed E-state index contributed by atoms with van der Waals surface area (Å²) in [5.74, 6) is 0.202. The molecule has 1 aromatic heterocycles. The van der Waals surface area contributed by atoms with E-state index in [1.165, 1.54) is 6.07 Å². The molecule has 110 valence electrons. The molecule has 1 N–H and O–H groups in total. The van der Waals surface area contributed by atoms with Gasteiger partial charge in [0.05, 0.1) is 0 Å². The van der Waals surface area contributed by atoms with Crippen molar-refractivity contribution in [2.24, 2.45) is 5.92 Å². The normalized spacial score (nSPS) is 20.0. The average Bonchev–Trinajstić information content (AvgIpc) is 2.68. The summed E-state index contributed by atoms with van der Waals surface area (Å²) in [5, 5.41) is 8.92. The van der Waals surface area contributed by atoms with Gasteiger partial charge in [0.1, 0.15) is 5.76 Å². The summed E-state index contributed by atoms with van der Waals surface area (Å²) in [6.45, 7) is 5.07. The number of aryl methyl sites for hydroxylation is 1. The third-order valence-corrected chi connectivity index (χ3v) is 4.10. The van der Waals surface area contributed by atoms with E-state index in [9.17, 15) is 9.59 Å². The number of hydrogen-bond acceptors (Lipinski definition) is 3. The van der Waals surface area contributed by atoms with E-state index in [1.54, 1.807) is 6.92 Å². The summed E-state index contributed by atoms with van der Waals surface area (Å²) in [7, 11) is 0. The molecular formula is C15H21NO4. The number of hydrogen-bond donors (Lipinski definition) is 1. The molecule has 0 aromatic carbocycles. The minimum Gasteiger partial charge on any atom is -0.475 e. The molecule has 5 heteroatoms. The molecule has 1 aliphatic rings. The highest BCUT2D eigenvalue weighted by molar-refractivity contribution is 5.84. The smallest absolute Gasteiger partial charge is 0.371 e. The molecule has 20 heavy (non-hydrogen) atoms. The van der Waals surface area contributed by atoms with Crippen LogP contribution in [0, 0.1) is 12.8 Å². The first-order chi connectivity index (χ1) is 9.51. The second kappa shape index (κ2) is 6.11. The van der Waals surface area contributed by atoms with E-state index in [-0.39, 0.29) is 11.7 Å². The highest BCUT2D eigenvalue weighted by Gasteiger charge is 2.23. The Bertz CT molecular complexity index is 506. The summed E-state index contributed by atoms with van der Waals surface area (Å²) in [4.78, 5) is 24.8. The van der Waals surface area contributed by atoms with Gasteiger partial charge in [0.2, 0.25) is 11.7 Å². The Hall–Kier alpha value is -1.78. The van der Waals surface area contributed by atoms with Gasteiger partial charge in [0.15, 0.2) is 0 Å². The van der Waals surface area contributed by atoms with Crippen molar-refractivity contribution in [1.29, 1.82) is 0 Å². The Kier molecular flexibility index (Phi) is 4.47. The van der Waals surface area contributed by atoms with Crippen LogP contribution < -0.4 is 0 Å². The van der Waals surface area contributed by atoms with Gasteiger partial charge in [-0.1, -0.05) is 13.3 Å². The molecule has 0 bridgehead atoms. The molecule has 1 amide bonds. The van der Waals surface area contributed by atoms with Crippen LogP contribution in [0.2, 0.25) is 0 Å². The lowest BCUT2D eigenvalue weighted by Gasteiger charge is -2.20. The van der Waals surface area contributed by atoms with Crippen LogP contribution in [0.25, 0.3) is 0 Å². The topological polar surface area (TPSA) is 70.8 Å². The SMILES string of the molecule is CCC1CCC(=O)N(Cc2cc(C(=O)O)oc2C)CC1. The van der Waals surface area contributed by atoms with Gasteiger partial charge in [-0.15, -0.1) is 0 Å². The van der Waals surface area contributed by atoms with Crippen LogP contribution in [0.15, 0.2) is 10.5 Å². The zero-order valence-corrected chi connectivity index (χ0v) is 12.0. The van der Waals surface area contributed by atoms with Crippen LogP contribution in [0.4, 0.5) is 0 Å². The Balaban J connectivity index is 2.08. The average molecular weight is 279 g/mol. The first kappa shape index (κ1) is 14.6. The molecular weight excluding hydrogens is 258 g/mol. The Morgan fingerprint density at radius 2 is 2.25 bits per heavy atom. The molecule has 1 atom stereocenters. The van der Waals surface area contributed by atoms with E-state index in [1.807, 2.05) is 4.90 Å². The first-order valence-electron chi connectivity index (χ1n) is 7.11.